The van der Waals surface area contributed by atoms with E-state index in [1.165, 1.54) is 0 Å². The zero-order valence-electron chi connectivity index (χ0n) is 15.9. The SMILES string of the molecule is CC(C)(C)OC(=O)N[C@H]1CCCCN(CCCN2CCOCC2)C1=O. The van der Waals surface area contributed by atoms with E-state index in [-0.39, 0.29) is 5.91 Å². The average molecular weight is 355 g/mol. The maximum atomic E-state index is 12.8. The van der Waals surface area contributed by atoms with Crippen LogP contribution in [0.15, 0.2) is 0 Å². The quantitative estimate of drug-likeness (QED) is 0.811. The lowest BCUT2D eigenvalue weighted by molar-refractivity contribution is -0.133. The molecule has 2 saturated heterocycles. The number of rotatable bonds is 5. The standard InChI is InChI=1S/C18H33N3O4/c1-18(2,3)25-17(23)19-15-7-4-5-9-21(16(15)22)10-6-8-20-11-13-24-14-12-20/h15H,4-14H2,1-3H3,(H,19,23)/t15-/m0/s1. The highest BCUT2D eigenvalue weighted by Gasteiger charge is 2.29. The van der Waals surface area contributed by atoms with Gasteiger partial charge in [0, 0.05) is 32.7 Å². The van der Waals surface area contributed by atoms with Gasteiger partial charge >= 0.3 is 6.09 Å². The van der Waals surface area contributed by atoms with Gasteiger partial charge in [-0.1, -0.05) is 0 Å². The second-order valence-electron chi connectivity index (χ2n) is 7.83. The second-order valence-corrected chi connectivity index (χ2v) is 7.83. The van der Waals surface area contributed by atoms with E-state index in [0.29, 0.717) is 6.42 Å². The molecule has 25 heavy (non-hydrogen) atoms. The fraction of sp³-hybridized carbons (Fsp3) is 0.889. The van der Waals surface area contributed by atoms with E-state index in [1.54, 1.807) is 0 Å². The van der Waals surface area contributed by atoms with Gasteiger partial charge in [0.2, 0.25) is 5.91 Å². The molecule has 0 saturated carbocycles. The average Bonchev–Trinajstić information content (AvgIpc) is 2.70. The van der Waals surface area contributed by atoms with Crippen LogP contribution in [0.2, 0.25) is 0 Å². The summed E-state index contributed by atoms with van der Waals surface area (Å²) in [5.74, 6) is 0.0188. The number of nitrogens with one attached hydrogen (secondary N) is 1. The molecule has 2 aliphatic rings. The first-order chi connectivity index (χ1) is 11.8. The smallest absolute Gasteiger partial charge is 0.408 e. The number of alkyl carbamates (subject to hydrolysis) is 1. The van der Waals surface area contributed by atoms with Crippen LogP contribution in [-0.4, -0.2) is 79.4 Å². The van der Waals surface area contributed by atoms with Crippen LogP contribution in [0.4, 0.5) is 4.79 Å². The lowest BCUT2D eigenvalue weighted by atomic mass is 10.1. The van der Waals surface area contributed by atoms with Crippen molar-refractivity contribution in [2.24, 2.45) is 0 Å². The van der Waals surface area contributed by atoms with Gasteiger partial charge in [0.25, 0.3) is 0 Å². The van der Waals surface area contributed by atoms with Crippen molar-refractivity contribution in [2.75, 3.05) is 45.9 Å². The predicted molar refractivity (Wildman–Crippen MR) is 95.5 cm³/mol. The first kappa shape index (κ1) is 20.0. The minimum atomic E-state index is -0.560. The Morgan fingerprint density at radius 2 is 1.92 bits per heavy atom. The number of ether oxygens (including phenoxy) is 2. The normalized spacial score (nSPS) is 23.2. The van der Waals surface area contributed by atoms with Crippen molar-refractivity contribution in [3.05, 3.63) is 0 Å². The fourth-order valence-corrected chi connectivity index (χ4v) is 3.22. The monoisotopic (exact) mass is 355 g/mol. The Morgan fingerprint density at radius 1 is 1.20 bits per heavy atom. The van der Waals surface area contributed by atoms with Gasteiger partial charge in [-0.3, -0.25) is 9.69 Å². The molecule has 0 aromatic carbocycles. The van der Waals surface area contributed by atoms with Gasteiger partial charge < -0.3 is 19.7 Å². The number of carbonyl (C=O) groups excluding carboxylic acids is 2. The topological polar surface area (TPSA) is 71.1 Å². The van der Waals surface area contributed by atoms with Gasteiger partial charge in [-0.25, -0.2) is 4.79 Å². The largest absolute Gasteiger partial charge is 0.444 e. The summed E-state index contributed by atoms with van der Waals surface area (Å²) in [4.78, 5) is 29.0. The van der Waals surface area contributed by atoms with E-state index in [9.17, 15) is 9.59 Å². The Balaban J connectivity index is 1.80. The molecule has 0 unspecified atom stereocenters. The maximum absolute atomic E-state index is 12.8. The molecule has 2 heterocycles. The van der Waals surface area contributed by atoms with E-state index in [0.717, 1.165) is 65.2 Å². The number of carbonyl (C=O) groups is 2. The van der Waals surface area contributed by atoms with Crippen LogP contribution in [0.1, 0.15) is 46.5 Å². The van der Waals surface area contributed by atoms with Crippen LogP contribution >= 0.6 is 0 Å². The first-order valence-electron chi connectivity index (χ1n) is 9.43. The maximum Gasteiger partial charge on any atom is 0.408 e. The summed E-state index contributed by atoms with van der Waals surface area (Å²) in [5, 5.41) is 2.76. The third-order valence-corrected chi connectivity index (χ3v) is 4.48. The third-order valence-electron chi connectivity index (χ3n) is 4.48. The highest BCUT2D eigenvalue weighted by molar-refractivity contribution is 5.86. The number of hydrogen-bond acceptors (Lipinski definition) is 5. The van der Waals surface area contributed by atoms with Crippen molar-refractivity contribution < 1.29 is 19.1 Å². The molecule has 0 aromatic rings. The van der Waals surface area contributed by atoms with Crippen LogP contribution in [-0.2, 0) is 14.3 Å². The van der Waals surface area contributed by atoms with Gasteiger partial charge in [0.15, 0.2) is 0 Å². The van der Waals surface area contributed by atoms with E-state index in [4.69, 9.17) is 9.47 Å². The number of nitrogens with zero attached hydrogens (tertiary/aromatic N) is 2. The zero-order valence-corrected chi connectivity index (χ0v) is 15.9. The zero-order chi connectivity index (χ0) is 18.3. The second kappa shape index (κ2) is 9.38. The highest BCUT2D eigenvalue weighted by Crippen LogP contribution is 2.14. The highest BCUT2D eigenvalue weighted by atomic mass is 16.6. The first-order valence-corrected chi connectivity index (χ1v) is 9.43. The summed E-state index contributed by atoms with van der Waals surface area (Å²) in [5.41, 5.74) is -0.560. The Bertz CT molecular complexity index is 444. The number of hydrogen-bond donors (Lipinski definition) is 1. The van der Waals surface area contributed by atoms with Crippen LogP contribution in [0.3, 0.4) is 0 Å². The van der Waals surface area contributed by atoms with Gasteiger partial charge in [-0.2, -0.15) is 0 Å². The van der Waals surface area contributed by atoms with Crippen LogP contribution in [0, 0.1) is 0 Å². The van der Waals surface area contributed by atoms with E-state index >= 15 is 0 Å². The molecular formula is C18H33N3O4. The molecule has 2 rings (SSSR count). The lowest BCUT2D eigenvalue weighted by Crippen LogP contribution is -2.49. The van der Waals surface area contributed by atoms with E-state index in [1.807, 2.05) is 25.7 Å². The molecule has 0 spiro atoms. The summed E-state index contributed by atoms with van der Waals surface area (Å²) in [6, 6.07) is -0.472. The summed E-state index contributed by atoms with van der Waals surface area (Å²) < 4.78 is 10.6. The van der Waals surface area contributed by atoms with Crippen molar-refractivity contribution in [3.63, 3.8) is 0 Å². The molecule has 0 aliphatic carbocycles. The van der Waals surface area contributed by atoms with Gasteiger partial charge in [-0.05, 0) is 46.5 Å². The molecule has 1 N–H and O–H groups in total. The van der Waals surface area contributed by atoms with Crippen molar-refractivity contribution in [1.29, 1.82) is 0 Å². The Morgan fingerprint density at radius 3 is 2.60 bits per heavy atom. The molecule has 0 bridgehead atoms. The van der Waals surface area contributed by atoms with E-state index < -0.39 is 17.7 Å². The lowest BCUT2D eigenvalue weighted by Gasteiger charge is -2.29. The Labute approximate surface area is 151 Å². The number of amides is 2. The third kappa shape index (κ3) is 7.20. The van der Waals surface area contributed by atoms with Crippen LogP contribution in [0.25, 0.3) is 0 Å². The molecule has 2 amide bonds. The van der Waals surface area contributed by atoms with Gasteiger partial charge in [0.1, 0.15) is 11.6 Å². The van der Waals surface area contributed by atoms with Gasteiger partial charge in [-0.15, -0.1) is 0 Å². The van der Waals surface area contributed by atoms with Crippen molar-refractivity contribution in [2.45, 2.75) is 58.1 Å². The Hall–Kier alpha value is -1.34. The summed E-state index contributed by atoms with van der Waals surface area (Å²) in [6.07, 6.45) is 3.03. The van der Waals surface area contributed by atoms with Crippen molar-refractivity contribution in [1.82, 2.24) is 15.1 Å². The molecule has 2 fully saturated rings. The predicted octanol–water partition coefficient (Wildman–Crippen LogP) is 1.61. The molecule has 144 valence electrons. The number of morpholine rings is 1. The summed E-state index contributed by atoms with van der Waals surface area (Å²) in [7, 11) is 0. The molecule has 7 heteroatoms. The molecule has 0 radical (unpaired) electrons. The number of likely N-dealkylation sites (tertiary alicyclic amines) is 1. The molecule has 7 nitrogen and oxygen atoms in total. The van der Waals surface area contributed by atoms with Crippen molar-refractivity contribution in [3.8, 4) is 0 Å². The van der Waals surface area contributed by atoms with Crippen LogP contribution < -0.4 is 5.32 Å². The van der Waals surface area contributed by atoms with Gasteiger partial charge in [0.05, 0.1) is 13.2 Å². The minimum absolute atomic E-state index is 0.0188. The van der Waals surface area contributed by atoms with E-state index in [2.05, 4.69) is 10.2 Å². The summed E-state index contributed by atoms with van der Waals surface area (Å²) >= 11 is 0. The fourth-order valence-electron chi connectivity index (χ4n) is 3.22. The molecular weight excluding hydrogens is 322 g/mol. The van der Waals surface area contributed by atoms with Crippen molar-refractivity contribution >= 4 is 12.0 Å². The summed E-state index contributed by atoms with van der Waals surface area (Å²) in [6.45, 7) is 11.5. The Kier molecular flexibility index (Phi) is 7.50. The molecule has 1 atom stereocenters. The molecule has 2 aliphatic heterocycles. The minimum Gasteiger partial charge on any atom is -0.444 e. The van der Waals surface area contributed by atoms with Crippen LogP contribution in [0.5, 0.6) is 0 Å². The molecule has 0 aromatic heterocycles.